The van der Waals surface area contributed by atoms with Gasteiger partial charge in [0.25, 0.3) is 0 Å². The minimum atomic E-state index is 0.300. The first-order chi connectivity index (χ1) is 6.72. The smallest absolute Gasteiger partial charge is 0.0672 e. The monoisotopic (exact) mass is 192 g/mol. The molecule has 2 heteroatoms. The molecule has 0 amide bonds. The number of nitrogens with zero attached hydrogens (tertiary/aromatic N) is 2. The molecule has 2 saturated carbocycles. The maximum atomic E-state index is 9.01. The first kappa shape index (κ1) is 9.98. The van der Waals surface area contributed by atoms with E-state index in [1.165, 1.54) is 25.8 Å². The van der Waals surface area contributed by atoms with E-state index in [-0.39, 0.29) is 0 Å². The van der Waals surface area contributed by atoms with E-state index in [1.807, 2.05) is 0 Å². The summed E-state index contributed by atoms with van der Waals surface area (Å²) in [7, 11) is 2.20. The summed E-state index contributed by atoms with van der Waals surface area (Å²) in [5.74, 6) is 2.15. The van der Waals surface area contributed by atoms with E-state index in [1.54, 1.807) is 0 Å². The first-order valence-electron chi connectivity index (χ1n) is 5.82. The van der Waals surface area contributed by atoms with Crippen LogP contribution in [0.25, 0.3) is 0 Å². The molecule has 2 fully saturated rings. The summed E-state index contributed by atoms with van der Waals surface area (Å²) >= 11 is 0. The zero-order valence-electron chi connectivity index (χ0n) is 9.24. The Morgan fingerprint density at radius 1 is 1.43 bits per heavy atom. The zero-order valence-corrected chi connectivity index (χ0v) is 9.24. The van der Waals surface area contributed by atoms with Crippen molar-refractivity contribution in [2.45, 2.75) is 38.6 Å². The van der Waals surface area contributed by atoms with Gasteiger partial charge in [0.2, 0.25) is 0 Å². The van der Waals surface area contributed by atoms with Gasteiger partial charge in [-0.3, -0.25) is 0 Å². The minimum Gasteiger partial charge on any atom is -0.302 e. The van der Waals surface area contributed by atoms with Gasteiger partial charge in [-0.05, 0) is 38.1 Å². The predicted octanol–water partition coefficient (Wildman–Crippen LogP) is 2.27. The van der Waals surface area contributed by atoms with Crippen molar-refractivity contribution in [1.29, 1.82) is 5.26 Å². The summed E-state index contributed by atoms with van der Waals surface area (Å²) in [6.45, 7) is 3.54. The second kappa shape index (κ2) is 3.90. The average molecular weight is 192 g/mol. The van der Waals surface area contributed by atoms with Gasteiger partial charge in [-0.2, -0.15) is 5.26 Å². The molecule has 2 rings (SSSR count). The van der Waals surface area contributed by atoms with E-state index >= 15 is 0 Å². The topological polar surface area (TPSA) is 27.0 Å². The summed E-state index contributed by atoms with van der Waals surface area (Å²) in [6.07, 6.45) is 4.99. The molecule has 0 saturated heterocycles. The maximum absolute atomic E-state index is 9.01. The molecule has 0 N–H and O–H groups in total. The van der Waals surface area contributed by atoms with Crippen LogP contribution in [0, 0.1) is 29.1 Å². The highest BCUT2D eigenvalue weighted by molar-refractivity contribution is 4.98. The summed E-state index contributed by atoms with van der Waals surface area (Å²) in [5.41, 5.74) is 0. The van der Waals surface area contributed by atoms with Crippen LogP contribution in [0.5, 0.6) is 0 Å². The molecule has 4 atom stereocenters. The lowest BCUT2D eigenvalue weighted by molar-refractivity contribution is 0.209. The van der Waals surface area contributed by atoms with Gasteiger partial charge >= 0.3 is 0 Å². The zero-order chi connectivity index (χ0) is 10.1. The van der Waals surface area contributed by atoms with Gasteiger partial charge < -0.3 is 4.90 Å². The van der Waals surface area contributed by atoms with Crippen molar-refractivity contribution >= 4 is 0 Å². The van der Waals surface area contributed by atoms with Gasteiger partial charge in [0.05, 0.1) is 12.0 Å². The van der Waals surface area contributed by atoms with Crippen LogP contribution >= 0.6 is 0 Å². The third-order valence-electron chi connectivity index (χ3n) is 4.01. The number of hydrogen-bond acceptors (Lipinski definition) is 2. The predicted molar refractivity (Wildman–Crippen MR) is 56.6 cm³/mol. The van der Waals surface area contributed by atoms with Gasteiger partial charge in [-0.25, -0.2) is 0 Å². The fraction of sp³-hybridized carbons (Fsp3) is 0.917. The highest BCUT2D eigenvalue weighted by Crippen LogP contribution is 2.39. The second-order valence-electron chi connectivity index (χ2n) is 5.15. The molecule has 0 aromatic heterocycles. The Kier molecular flexibility index (Phi) is 2.78. The van der Waals surface area contributed by atoms with Gasteiger partial charge in [0.15, 0.2) is 0 Å². The molecule has 0 radical (unpaired) electrons. The molecule has 0 bridgehead atoms. The summed E-state index contributed by atoms with van der Waals surface area (Å²) in [5, 5.41) is 9.01. The van der Waals surface area contributed by atoms with Crippen LogP contribution in [0.1, 0.15) is 32.6 Å². The molecule has 0 heterocycles. The van der Waals surface area contributed by atoms with Crippen LogP contribution in [0.15, 0.2) is 0 Å². The Hall–Kier alpha value is -0.550. The van der Waals surface area contributed by atoms with E-state index < -0.39 is 0 Å². The number of rotatable bonds is 3. The largest absolute Gasteiger partial charge is 0.302 e. The van der Waals surface area contributed by atoms with E-state index in [9.17, 15) is 0 Å². The van der Waals surface area contributed by atoms with Gasteiger partial charge in [0, 0.05) is 12.6 Å². The van der Waals surface area contributed by atoms with Crippen molar-refractivity contribution in [2.24, 2.45) is 17.8 Å². The summed E-state index contributed by atoms with van der Waals surface area (Å²) in [6, 6.07) is 3.01. The normalized spacial score (nSPS) is 41.3. The highest BCUT2D eigenvalue weighted by atomic mass is 15.1. The van der Waals surface area contributed by atoms with Crippen molar-refractivity contribution in [3.63, 3.8) is 0 Å². The van der Waals surface area contributed by atoms with Gasteiger partial charge in [0.1, 0.15) is 0 Å². The maximum Gasteiger partial charge on any atom is 0.0672 e. The van der Waals surface area contributed by atoms with Crippen LogP contribution in [0.2, 0.25) is 0 Å². The van der Waals surface area contributed by atoms with Crippen LogP contribution in [0.3, 0.4) is 0 Å². The molecular formula is C12H20N2. The Balaban J connectivity index is 1.84. The lowest BCUT2D eigenvalue weighted by Gasteiger charge is -2.26. The molecule has 2 aliphatic rings. The quantitative estimate of drug-likeness (QED) is 0.686. The fourth-order valence-corrected chi connectivity index (χ4v) is 2.78. The van der Waals surface area contributed by atoms with Crippen molar-refractivity contribution in [1.82, 2.24) is 4.90 Å². The third-order valence-corrected chi connectivity index (χ3v) is 4.01. The molecule has 4 unspecified atom stereocenters. The lowest BCUT2D eigenvalue weighted by atomic mass is 10.0. The highest BCUT2D eigenvalue weighted by Gasteiger charge is 2.37. The van der Waals surface area contributed by atoms with Crippen LogP contribution in [-0.2, 0) is 0 Å². The number of hydrogen-bond donors (Lipinski definition) is 0. The Morgan fingerprint density at radius 2 is 2.14 bits per heavy atom. The molecule has 0 aromatic rings. The van der Waals surface area contributed by atoms with E-state index in [0.717, 1.165) is 18.3 Å². The van der Waals surface area contributed by atoms with E-state index in [0.29, 0.717) is 12.0 Å². The van der Waals surface area contributed by atoms with Gasteiger partial charge in [-0.15, -0.1) is 0 Å². The molecule has 14 heavy (non-hydrogen) atoms. The average Bonchev–Trinajstić information content (AvgIpc) is 2.72. The van der Waals surface area contributed by atoms with E-state index in [4.69, 9.17) is 5.26 Å². The standard InChI is InChI=1S/C12H20N2/c1-9-6-11(9)8-14(2)12-5-3-4-10(12)7-13/h9-12H,3-6,8H2,1-2H3. The molecular weight excluding hydrogens is 172 g/mol. The molecule has 78 valence electrons. The second-order valence-corrected chi connectivity index (χ2v) is 5.15. The minimum absolute atomic E-state index is 0.300. The summed E-state index contributed by atoms with van der Waals surface area (Å²) in [4.78, 5) is 2.44. The summed E-state index contributed by atoms with van der Waals surface area (Å²) < 4.78 is 0. The Morgan fingerprint density at radius 3 is 2.71 bits per heavy atom. The molecule has 0 aliphatic heterocycles. The molecule has 2 nitrogen and oxygen atoms in total. The Labute approximate surface area is 86.9 Å². The molecule has 2 aliphatic carbocycles. The molecule has 0 spiro atoms. The number of nitriles is 1. The van der Waals surface area contributed by atoms with Crippen molar-refractivity contribution in [3.8, 4) is 6.07 Å². The fourth-order valence-electron chi connectivity index (χ4n) is 2.78. The third kappa shape index (κ3) is 1.93. The van der Waals surface area contributed by atoms with Crippen molar-refractivity contribution < 1.29 is 0 Å². The van der Waals surface area contributed by atoms with Crippen LogP contribution in [-0.4, -0.2) is 24.5 Å². The van der Waals surface area contributed by atoms with E-state index in [2.05, 4.69) is 24.9 Å². The van der Waals surface area contributed by atoms with Crippen LogP contribution < -0.4 is 0 Å². The van der Waals surface area contributed by atoms with Crippen molar-refractivity contribution in [3.05, 3.63) is 0 Å². The van der Waals surface area contributed by atoms with Gasteiger partial charge in [-0.1, -0.05) is 13.3 Å². The SMILES string of the molecule is CC1CC1CN(C)C1CCCC1C#N. The van der Waals surface area contributed by atoms with Crippen molar-refractivity contribution in [2.75, 3.05) is 13.6 Å². The lowest BCUT2D eigenvalue weighted by Crippen LogP contribution is -2.35. The first-order valence-corrected chi connectivity index (χ1v) is 5.82. The Bertz CT molecular complexity index is 243. The molecule has 0 aromatic carbocycles. The van der Waals surface area contributed by atoms with Crippen LogP contribution in [0.4, 0.5) is 0 Å².